The summed E-state index contributed by atoms with van der Waals surface area (Å²) in [6.45, 7) is 5.31. The number of nitrogens with two attached hydrogens (primary N) is 1. The Morgan fingerprint density at radius 2 is 2.24 bits per heavy atom. The van der Waals surface area contributed by atoms with Crippen LogP contribution in [-0.4, -0.2) is 16.4 Å². The van der Waals surface area contributed by atoms with E-state index in [9.17, 15) is 0 Å². The van der Waals surface area contributed by atoms with Gasteiger partial charge < -0.3 is 10.5 Å². The quantitative estimate of drug-likeness (QED) is 0.821. The van der Waals surface area contributed by atoms with Crippen molar-refractivity contribution in [3.05, 3.63) is 41.7 Å². The van der Waals surface area contributed by atoms with Crippen LogP contribution in [0.3, 0.4) is 0 Å². The van der Waals surface area contributed by atoms with Crippen molar-refractivity contribution < 1.29 is 4.74 Å². The molecule has 90 valence electrons. The first kappa shape index (κ1) is 11.5. The second-order valence-electron chi connectivity index (χ2n) is 4.02. The zero-order valence-electron chi connectivity index (χ0n) is 10.2. The molecule has 0 saturated heterocycles. The van der Waals surface area contributed by atoms with Gasteiger partial charge in [0.2, 0.25) is 0 Å². The Hall–Kier alpha value is -1.97. The number of benzene rings is 1. The number of nitrogen functional groups attached to an aromatic ring is 1. The van der Waals surface area contributed by atoms with E-state index in [1.165, 1.54) is 0 Å². The average Bonchev–Trinajstić information content (AvgIpc) is 2.68. The first-order valence-electron chi connectivity index (χ1n) is 5.69. The Morgan fingerprint density at radius 1 is 1.41 bits per heavy atom. The lowest BCUT2D eigenvalue weighted by Crippen LogP contribution is -2.04. The molecule has 0 unspecified atom stereocenters. The predicted octanol–water partition coefficient (Wildman–Crippen LogP) is 2.22. The van der Waals surface area contributed by atoms with Crippen LogP contribution < -0.4 is 10.5 Å². The van der Waals surface area contributed by atoms with E-state index in [2.05, 4.69) is 5.10 Å². The van der Waals surface area contributed by atoms with Gasteiger partial charge in [-0.2, -0.15) is 5.10 Å². The number of hydrogen-bond donors (Lipinski definition) is 1. The molecule has 0 radical (unpaired) electrons. The van der Waals surface area contributed by atoms with Gasteiger partial charge in [-0.3, -0.25) is 4.68 Å². The van der Waals surface area contributed by atoms with Crippen LogP contribution in [0.1, 0.15) is 18.1 Å². The first-order chi connectivity index (χ1) is 8.19. The molecule has 0 fully saturated rings. The molecule has 0 amide bonds. The predicted molar refractivity (Wildman–Crippen MR) is 68.1 cm³/mol. The van der Waals surface area contributed by atoms with Crippen LogP contribution in [-0.2, 0) is 6.54 Å². The number of hydrogen-bond acceptors (Lipinski definition) is 3. The van der Waals surface area contributed by atoms with Gasteiger partial charge in [0.05, 0.1) is 19.3 Å². The lowest BCUT2D eigenvalue weighted by Gasteiger charge is -2.11. The Kier molecular flexibility index (Phi) is 3.32. The van der Waals surface area contributed by atoms with Crippen LogP contribution in [0.5, 0.6) is 5.75 Å². The van der Waals surface area contributed by atoms with Crippen molar-refractivity contribution in [3.63, 3.8) is 0 Å². The van der Waals surface area contributed by atoms with Crippen LogP contribution in [0.15, 0.2) is 30.6 Å². The number of anilines is 1. The van der Waals surface area contributed by atoms with E-state index in [0.29, 0.717) is 13.2 Å². The summed E-state index contributed by atoms with van der Waals surface area (Å²) in [5.74, 6) is 0.870. The van der Waals surface area contributed by atoms with Gasteiger partial charge in [-0.25, -0.2) is 0 Å². The van der Waals surface area contributed by atoms with Gasteiger partial charge in [-0.1, -0.05) is 0 Å². The minimum Gasteiger partial charge on any atom is -0.494 e. The summed E-state index contributed by atoms with van der Waals surface area (Å²) in [7, 11) is 0. The number of ether oxygens (including phenoxy) is 1. The molecule has 2 N–H and O–H groups in total. The number of rotatable bonds is 4. The van der Waals surface area contributed by atoms with Crippen LogP contribution in [0.4, 0.5) is 5.69 Å². The molecule has 1 aromatic carbocycles. The number of aryl methyl sites for hydroxylation is 1. The maximum atomic E-state index is 5.80. The molecular weight excluding hydrogens is 214 g/mol. The Balaban J connectivity index is 2.26. The van der Waals surface area contributed by atoms with Gasteiger partial charge in [0.25, 0.3) is 0 Å². The highest BCUT2D eigenvalue weighted by atomic mass is 16.5. The molecule has 1 aromatic heterocycles. The summed E-state index contributed by atoms with van der Waals surface area (Å²) in [6, 6.07) is 5.69. The minimum absolute atomic E-state index is 0.648. The van der Waals surface area contributed by atoms with Crippen molar-refractivity contribution >= 4 is 5.69 Å². The van der Waals surface area contributed by atoms with Crippen LogP contribution >= 0.6 is 0 Å². The van der Waals surface area contributed by atoms with E-state index in [-0.39, 0.29) is 0 Å². The summed E-state index contributed by atoms with van der Waals surface area (Å²) < 4.78 is 7.46. The van der Waals surface area contributed by atoms with Crippen LogP contribution in [0.25, 0.3) is 0 Å². The third kappa shape index (κ3) is 2.78. The molecule has 0 aliphatic carbocycles. The van der Waals surface area contributed by atoms with Crippen molar-refractivity contribution in [2.75, 3.05) is 12.3 Å². The molecule has 2 aromatic rings. The molecule has 0 atom stereocenters. The molecular formula is C13H17N3O. The highest BCUT2D eigenvalue weighted by Gasteiger charge is 2.05. The fraction of sp³-hybridized carbons (Fsp3) is 0.308. The fourth-order valence-electron chi connectivity index (χ4n) is 1.75. The van der Waals surface area contributed by atoms with Crippen LogP contribution in [0.2, 0.25) is 0 Å². The second kappa shape index (κ2) is 4.91. The average molecular weight is 231 g/mol. The Labute approximate surface area is 101 Å². The third-order valence-electron chi connectivity index (χ3n) is 2.48. The van der Waals surface area contributed by atoms with E-state index < -0.39 is 0 Å². The summed E-state index contributed by atoms with van der Waals surface area (Å²) in [6.07, 6.45) is 3.84. The van der Waals surface area contributed by atoms with E-state index in [1.54, 1.807) is 0 Å². The van der Waals surface area contributed by atoms with Gasteiger partial charge in [0, 0.05) is 17.4 Å². The zero-order valence-corrected chi connectivity index (χ0v) is 10.2. The van der Waals surface area contributed by atoms with Gasteiger partial charge in [-0.05, 0) is 37.6 Å². The zero-order chi connectivity index (χ0) is 12.3. The van der Waals surface area contributed by atoms with Gasteiger partial charge in [0.1, 0.15) is 5.75 Å². The third-order valence-corrected chi connectivity index (χ3v) is 2.48. The van der Waals surface area contributed by atoms with Gasteiger partial charge >= 0.3 is 0 Å². The normalized spacial score (nSPS) is 10.5. The van der Waals surface area contributed by atoms with E-state index in [0.717, 1.165) is 22.6 Å². The van der Waals surface area contributed by atoms with Crippen molar-refractivity contribution in [1.82, 2.24) is 9.78 Å². The standard InChI is InChI=1S/C13H17N3O/c1-3-17-13-5-4-12(14)6-11(13)9-16-8-10(2)7-15-16/h4-8H,3,9,14H2,1-2H3. The van der Waals surface area contributed by atoms with Gasteiger partial charge in [0.15, 0.2) is 0 Å². The summed E-state index contributed by atoms with van der Waals surface area (Å²) in [5, 5.41) is 4.26. The molecule has 2 rings (SSSR count). The molecule has 4 nitrogen and oxygen atoms in total. The molecule has 0 aliphatic heterocycles. The second-order valence-corrected chi connectivity index (χ2v) is 4.02. The molecule has 0 bridgehead atoms. The smallest absolute Gasteiger partial charge is 0.124 e. The topological polar surface area (TPSA) is 53.1 Å². The molecule has 0 saturated carbocycles. The fourth-order valence-corrected chi connectivity index (χ4v) is 1.75. The minimum atomic E-state index is 0.648. The molecule has 0 aliphatic rings. The highest BCUT2D eigenvalue weighted by molar-refractivity contribution is 5.47. The maximum absolute atomic E-state index is 5.80. The highest BCUT2D eigenvalue weighted by Crippen LogP contribution is 2.22. The lowest BCUT2D eigenvalue weighted by molar-refractivity contribution is 0.335. The molecule has 1 heterocycles. The Morgan fingerprint density at radius 3 is 2.88 bits per heavy atom. The van der Waals surface area contributed by atoms with E-state index in [1.807, 2.05) is 49.1 Å². The summed E-state index contributed by atoms with van der Waals surface area (Å²) in [4.78, 5) is 0. The van der Waals surface area contributed by atoms with Crippen molar-refractivity contribution in [1.29, 1.82) is 0 Å². The number of aromatic nitrogens is 2. The molecule has 0 spiro atoms. The largest absolute Gasteiger partial charge is 0.494 e. The van der Waals surface area contributed by atoms with Gasteiger partial charge in [-0.15, -0.1) is 0 Å². The van der Waals surface area contributed by atoms with Crippen molar-refractivity contribution in [2.45, 2.75) is 20.4 Å². The van der Waals surface area contributed by atoms with Crippen molar-refractivity contribution in [2.24, 2.45) is 0 Å². The summed E-state index contributed by atoms with van der Waals surface area (Å²) in [5.41, 5.74) is 8.74. The van der Waals surface area contributed by atoms with E-state index in [4.69, 9.17) is 10.5 Å². The first-order valence-corrected chi connectivity index (χ1v) is 5.69. The Bertz CT molecular complexity index is 505. The number of nitrogens with zero attached hydrogens (tertiary/aromatic N) is 2. The maximum Gasteiger partial charge on any atom is 0.124 e. The lowest BCUT2D eigenvalue weighted by atomic mass is 10.2. The summed E-state index contributed by atoms with van der Waals surface area (Å²) >= 11 is 0. The molecule has 4 heteroatoms. The SMILES string of the molecule is CCOc1ccc(N)cc1Cn1cc(C)cn1. The monoisotopic (exact) mass is 231 g/mol. The van der Waals surface area contributed by atoms with E-state index >= 15 is 0 Å². The van der Waals surface area contributed by atoms with Crippen LogP contribution in [0, 0.1) is 6.92 Å². The van der Waals surface area contributed by atoms with Crippen molar-refractivity contribution in [3.8, 4) is 5.75 Å². The molecule has 17 heavy (non-hydrogen) atoms.